The second-order valence-electron chi connectivity index (χ2n) is 8.36. The summed E-state index contributed by atoms with van der Waals surface area (Å²) < 4.78 is 53.2. The van der Waals surface area contributed by atoms with Crippen molar-refractivity contribution in [1.29, 1.82) is 0 Å². The van der Waals surface area contributed by atoms with Crippen LogP contribution in [0, 0.1) is 17.6 Å². The minimum Gasteiger partial charge on any atom is -0.339 e. The second kappa shape index (κ2) is 10.3. The van der Waals surface area contributed by atoms with E-state index in [1.165, 1.54) is 22.5 Å². The van der Waals surface area contributed by atoms with Gasteiger partial charge in [-0.15, -0.1) is 0 Å². The number of carbonyl (C=O) groups is 1. The topological polar surface area (TPSA) is 121 Å². The first-order chi connectivity index (χ1) is 16.6. The summed E-state index contributed by atoms with van der Waals surface area (Å²) in [7, 11) is -3.68. The number of aromatic amines is 1. The highest BCUT2D eigenvalue weighted by Crippen LogP contribution is 2.37. The van der Waals surface area contributed by atoms with Crippen molar-refractivity contribution < 1.29 is 22.0 Å². The Labute approximate surface area is 206 Å². The maximum absolute atomic E-state index is 13.2. The predicted octanol–water partition coefficient (Wildman–Crippen LogP) is 3.58. The molecule has 0 radical (unpaired) electrons. The van der Waals surface area contributed by atoms with Crippen LogP contribution < -0.4 is 5.32 Å². The van der Waals surface area contributed by atoms with Gasteiger partial charge in [-0.1, -0.05) is 18.5 Å². The number of H-pyrrole nitrogens is 1. The number of sulfonamides is 1. The molecule has 1 saturated heterocycles. The number of aromatic nitrogens is 4. The van der Waals surface area contributed by atoms with Crippen LogP contribution in [0.4, 0.5) is 14.6 Å². The van der Waals surface area contributed by atoms with Gasteiger partial charge in [0.25, 0.3) is 0 Å². The van der Waals surface area contributed by atoms with Gasteiger partial charge in [0, 0.05) is 25.4 Å². The zero-order chi connectivity index (χ0) is 25.2. The average Bonchev–Trinajstić information content (AvgIpc) is 3.21. The summed E-state index contributed by atoms with van der Waals surface area (Å²) in [5, 5.41) is 2.72. The number of imidazole rings is 1. The highest BCUT2D eigenvalue weighted by molar-refractivity contribution is 7.89. The Morgan fingerprint density at radius 3 is 2.54 bits per heavy atom. The highest BCUT2D eigenvalue weighted by atomic mass is 35.5. The van der Waals surface area contributed by atoms with Gasteiger partial charge in [-0.05, 0) is 36.6 Å². The molecule has 2 N–H and O–H groups in total. The smallest absolute Gasteiger partial charge is 0.226 e. The third-order valence-electron chi connectivity index (χ3n) is 5.87. The van der Waals surface area contributed by atoms with Crippen LogP contribution in [0.25, 0.3) is 11.5 Å². The lowest BCUT2D eigenvalue weighted by atomic mass is 9.86. The SMILES string of the molecule is C[C@H]1CN(S(=O)(=O)CCC(=O)Nc2ccc(F)cn2)CC[C@H]1c1[nH]c(-c2ccc(F)cn2)nc1Cl. The van der Waals surface area contributed by atoms with E-state index >= 15 is 0 Å². The molecule has 4 heterocycles. The number of carbonyl (C=O) groups excluding carboxylic acids is 1. The van der Waals surface area contributed by atoms with Crippen LogP contribution in [-0.2, 0) is 14.8 Å². The van der Waals surface area contributed by atoms with Gasteiger partial charge in [0.05, 0.1) is 23.8 Å². The van der Waals surface area contributed by atoms with E-state index in [2.05, 4.69) is 25.3 Å². The van der Waals surface area contributed by atoms with Gasteiger partial charge >= 0.3 is 0 Å². The molecule has 3 aromatic heterocycles. The van der Waals surface area contributed by atoms with Crippen LogP contribution in [-0.4, -0.2) is 57.4 Å². The van der Waals surface area contributed by atoms with Crippen LogP contribution in [0.5, 0.6) is 0 Å². The van der Waals surface area contributed by atoms with Crippen molar-refractivity contribution in [2.24, 2.45) is 5.92 Å². The van der Waals surface area contributed by atoms with Crippen molar-refractivity contribution >= 4 is 33.3 Å². The highest BCUT2D eigenvalue weighted by Gasteiger charge is 2.35. The van der Waals surface area contributed by atoms with Crippen molar-refractivity contribution in [3.8, 4) is 11.5 Å². The van der Waals surface area contributed by atoms with E-state index in [1.807, 2.05) is 6.92 Å². The maximum Gasteiger partial charge on any atom is 0.226 e. The van der Waals surface area contributed by atoms with E-state index in [9.17, 15) is 22.0 Å². The van der Waals surface area contributed by atoms with Gasteiger partial charge in [0.15, 0.2) is 11.0 Å². The third-order valence-corrected chi connectivity index (χ3v) is 8.00. The van der Waals surface area contributed by atoms with Gasteiger partial charge in [0.2, 0.25) is 15.9 Å². The van der Waals surface area contributed by atoms with E-state index in [0.29, 0.717) is 23.6 Å². The molecule has 2 atom stereocenters. The van der Waals surface area contributed by atoms with E-state index < -0.39 is 27.6 Å². The molecule has 4 rings (SSSR count). The number of pyridine rings is 2. The van der Waals surface area contributed by atoms with E-state index in [4.69, 9.17) is 11.6 Å². The molecule has 13 heteroatoms. The fourth-order valence-electron chi connectivity index (χ4n) is 4.04. The molecule has 9 nitrogen and oxygen atoms in total. The van der Waals surface area contributed by atoms with Crippen molar-refractivity contribution in [1.82, 2.24) is 24.2 Å². The molecule has 0 aromatic carbocycles. The molecule has 0 aliphatic carbocycles. The summed E-state index contributed by atoms with van der Waals surface area (Å²) >= 11 is 6.36. The molecule has 3 aromatic rings. The summed E-state index contributed by atoms with van der Waals surface area (Å²) in [6.45, 7) is 2.44. The molecule has 0 bridgehead atoms. The number of hydrogen-bond donors (Lipinski definition) is 2. The Morgan fingerprint density at radius 1 is 1.20 bits per heavy atom. The number of halogens is 3. The van der Waals surface area contributed by atoms with Crippen LogP contribution in [0.1, 0.15) is 31.4 Å². The first-order valence-corrected chi connectivity index (χ1v) is 12.9. The summed E-state index contributed by atoms with van der Waals surface area (Å²) in [6.07, 6.45) is 2.30. The Balaban J connectivity index is 1.36. The number of amides is 1. The maximum atomic E-state index is 13.2. The molecule has 0 unspecified atom stereocenters. The van der Waals surface area contributed by atoms with Gasteiger partial charge in [-0.25, -0.2) is 36.5 Å². The molecule has 35 heavy (non-hydrogen) atoms. The van der Waals surface area contributed by atoms with Gasteiger partial charge in [-0.2, -0.15) is 0 Å². The Kier molecular flexibility index (Phi) is 7.43. The zero-order valence-electron chi connectivity index (χ0n) is 18.7. The number of nitrogens with zero attached hydrogens (tertiary/aromatic N) is 4. The summed E-state index contributed by atoms with van der Waals surface area (Å²) in [5.41, 5.74) is 1.13. The summed E-state index contributed by atoms with van der Waals surface area (Å²) in [6, 6.07) is 5.22. The fraction of sp³-hybridized carbons (Fsp3) is 0.364. The lowest BCUT2D eigenvalue weighted by Gasteiger charge is -2.35. The minimum absolute atomic E-state index is 0.0662. The summed E-state index contributed by atoms with van der Waals surface area (Å²) in [5.74, 6) is -1.47. The monoisotopic (exact) mass is 524 g/mol. The van der Waals surface area contributed by atoms with Crippen molar-refractivity contribution in [3.05, 3.63) is 59.1 Å². The first-order valence-electron chi connectivity index (χ1n) is 10.9. The minimum atomic E-state index is -3.68. The number of nitrogens with one attached hydrogen (secondary N) is 2. The van der Waals surface area contributed by atoms with Crippen LogP contribution in [0.3, 0.4) is 0 Å². The first kappa shape index (κ1) is 25.1. The van der Waals surface area contributed by atoms with E-state index in [1.54, 1.807) is 0 Å². The van der Waals surface area contributed by atoms with E-state index in [0.717, 1.165) is 18.5 Å². The van der Waals surface area contributed by atoms with E-state index in [-0.39, 0.29) is 48.1 Å². The molecule has 186 valence electrons. The number of piperidine rings is 1. The molecule has 0 saturated carbocycles. The normalized spacial score (nSPS) is 19.0. The zero-order valence-corrected chi connectivity index (χ0v) is 20.3. The number of anilines is 1. The van der Waals surface area contributed by atoms with Crippen LogP contribution in [0.2, 0.25) is 5.15 Å². The van der Waals surface area contributed by atoms with Gasteiger partial charge in [-0.3, -0.25) is 4.79 Å². The van der Waals surface area contributed by atoms with Gasteiger partial charge < -0.3 is 10.3 Å². The Hall–Kier alpha value is -2.96. The number of hydrogen-bond acceptors (Lipinski definition) is 6. The molecular formula is C22H23ClF2N6O3S. The molecule has 1 aliphatic heterocycles. The molecular weight excluding hydrogens is 502 g/mol. The molecule has 1 fully saturated rings. The Morgan fingerprint density at radius 2 is 1.91 bits per heavy atom. The molecule has 1 amide bonds. The lowest BCUT2D eigenvalue weighted by Crippen LogP contribution is -2.43. The largest absolute Gasteiger partial charge is 0.339 e. The predicted molar refractivity (Wildman–Crippen MR) is 126 cm³/mol. The van der Waals surface area contributed by atoms with Crippen molar-refractivity contribution in [2.75, 3.05) is 24.2 Å². The standard InChI is InChI=1S/C22H23ClF2N6O3S/c1-13-12-31(35(33,34)9-7-19(32)28-18-5-3-15(25)11-27-18)8-6-16(13)20-21(23)30-22(29-20)17-4-2-14(24)10-26-17/h2-5,10-11,13,16H,6-9,12H2,1H3,(H,29,30)(H,27,28,32)/t13-,16+/m0/s1. The van der Waals surface area contributed by atoms with Crippen LogP contribution >= 0.6 is 11.6 Å². The second-order valence-corrected chi connectivity index (χ2v) is 10.8. The fourth-order valence-corrected chi connectivity index (χ4v) is 5.86. The average molecular weight is 525 g/mol. The third kappa shape index (κ3) is 6.00. The number of rotatable bonds is 7. The van der Waals surface area contributed by atoms with Crippen LogP contribution in [0.15, 0.2) is 36.7 Å². The molecule has 1 aliphatic rings. The van der Waals surface area contributed by atoms with Crippen molar-refractivity contribution in [3.63, 3.8) is 0 Å². The van der Waals surface area contributed by atoms with Gasteiger partial charge in [0.1, 0.15) is 23.1 Å². The lowest BCUT2D eigenvalue weighted by molar-refractivity contribution is -0.115. The summed E-state index contributed by atoms with van der Waals surface area (Å²) in [4.78, 5) is 27.3. The molecule has 0 spiro atoms. The quantitative estimate of drug-likeness (QED) is 0.487. The Bertz CT molecular complexity index is 1300. The van der Waals surface area contributed by atoms with Crippen molar-refractivity contribution in [2.45, 2.75) is 25.7 Å².